The van der Waals surface area contributed by atoms with Crippen molar-refractivity contribution in [1.82, 2.24) is 9.80 Å². The summed E-state index contributed by atoms with van der Waals surface area (Å²) in [4.78, 5) is 39.2. The number of carbonyl (C=O) groups excluding carboxylic acids is 3. The highest BCUT2D eigenvalue weighted by Gasteiger charge is 2.58. The Morgan fingerprint density at radius 1 is 1.05 bits per heavy atom. The average Bonchev–Trinajstić information content (AvgIpc) is 3.37. The minimum absolute atomic E-state index is 0.105. The molecule has 1 saturated heterocycles. The number of hydrogen-bond donors (Lipinski definition) is 1. The highest BCUT2D eigenvalue weighted by atomic mass is 16.2. The number of anilines is 1. The summed E-state index contributed by atoms with van der Waals surface area (Å²) in [6.45, 7) is 2.06. The molecule has 0 spiro atoms. The first-order chi connectivity index (χ1) is 10.7. The van der Waals surface area contributed by atoms with E-state index in [9.17, 15) is 14.4 Å². The number of rotatable bonds is 4. The zero-order valence-electron chi connectivity index (χ0n) is 12.3. The number of hydrogen-bond acceptors (Lipinski definition) is 3. The third-order valence-corrected chi connectivity index (χ3v) is 4.38. The summed E-state index contributed by atoms with van der Waals surface area (Å²) in [6, 6.07) is 9.17. The Balaban J connectivity index is 1.64. The molecule has 1 heterocycles. The molecule has 2 aliphatic rings. The van der Waals surface area contributed by atoms with Gasteiger partial charge in [0.15, 0.2) is 0 Å². The largest absolute Gasteiger partial charge is 0.342 e. The van der Waals surface area contributed by atoms with E-state index in [1.165, 1.54) is 0 Å². The van der Waals surface area contributed by atoms with Gasteiger partial charge in [0.2, 0.25) is 18.2 Å². The summed E-state index contributed by atoms with van der Waals surface area (Å²) in [6.07, 6.45) is 1.99. The molecule has 3 amide bonds. The number of piperazine rings is 1. The fourth-order valence-electron chi connectivity index (χ4n) is 2.77. The first-order valence-corrected chi connectivity index (χ1v) is 7.51. The number of nitrogens with zero attached hydrogens (tertiary/aromatic N) is 2. The van der Waals surface area contributed by atoms with Crippen molar-refractivity contribution in [2.45, 2.75) is 12.8 Å². The summed E-state index contributed by atoms with van der Waals surface area (Å²) in [5.41, 5.74) is -0.198. The smallest absolute Gasteiger partial charge is 0.240 e. The third kappa shape index (κ3) is 2.68. The number of para-hydroxylation sites is 1. The quantitative estimate of drug-likeness (QED) is 0.657. The van der Waals surface area contributed by atoms with Crippen LogP contribution in [0.25, 0.3) is 0 Å². The van der Waals surface area contributed by atoms with Crippen LogP contribution in [0, 0.1) is 5.41 Å². The highest BCUT2D eigenvalue weighted by molar-refractivity contribution is 6.13. The molecule has 1 aliphatic heterocycles. The lowest BCUT2D eigenvalue weighted by Crippen LogP contribution is -2.52. The van der Waals surface area contributed by atoms with Crippen molar-refractivity contribution < 1.29 is 14.4 Å². The first kappa shape index (κ1) is 14.6. The normalized spacial score (nSPS) is 19.5. The Hall–Kier alpha value is -2.37. The van der Waals surface area contributed by atoms with E-state index in [1.54, 1.807) is 21.9 Å². The summed E-state index contributed by atoms with van der Waals surface area (Å²) < 4.78 is 0. The molecular formula is C16H19N3O3. The molecule has 1 N–H and O–H groups in total. The van der Waals surface area contributed by atoms with Gasteiger partial charge in [0, 0.05) is 31.9 Å². The van der Waals surface area contributed by atoms with Gasteiger partial charge in [-0.1, -0.05) is 18.2 Å². The summed E-state index contributed by atoms with van der Waals surface area (Å²) >= 11 is 0. The fraction of sp³-hybridized carbons (Fsp3) is 0.438. The van der Waals surface area contributed by atoms with Crippen molar-refractivity contribution >= 4 is 23.9 Å². The van der Waals surface area contributed by atoms with Crippen LogP contribution in [0.1, 0.15) is 12.8 Å². The minimum atomic E-state index is -0.904. The minimum Gasteiger partial charge on any atom is -0.342 e. The molecule has 0 radical (unpaired) electrons. The zero-order chi connectivity index (χ0) is 15.6. The van der Waals surface area contributed by atoms with Crippen molar-refractivity contribution in [3.05, 3.63) is 30.3 Å². The van der Waals surface area contributed by atoms with E-state index in [0.29, 0.717) is 44.7 Å². The molecule has 0 atom stereocenters. The second-order valence-electron chi connectivity index (χ2n) is 5.84. The van der Waals surface area contributed by atoms with E-state index in [0.717, 1.165) is 6.41 Å². The molecule has 1 aliphatic carbocycles. The first-order valence-electron chi connectivity index (χ1n) is 7.51. The standard InChI is InChI=1S/C16H19N3O3/c20-12-18-8-10-19(11-9-18)15(22)16(6-7-16)14(21)17-13-4-2-1-3-5-13/h1-5,12H,6-11H2,(H,17,21). The van der Waals surface area contributed by atoms with Crippen LogP contribution in [0.15, 0.2) is 30.3 Å². The van der Waals surface area contributed by atoms with E-state index in [1.807, 2.05) is 18.2 Å². The van der Waals surface area contributed by atoms with E-state index < -0.39 is 5.41 Å². The van der Waals surface area contributed by atoms with Crippen LogP contribution >= 0.6 is 0 Å². The van der Waals surface area contributed by atoms with E-state index in [4.69, 9.17) is 0 Å². The van der Waals surface area contributed by atoms with Crippen molar-refractivity contribution in [3.63, 3.8) is 0 Å². The molecule has 116 valence electrons. The zero-order valence-corrected chi connectivity index (χ0v) is 12.3. The monoisotopic (exact) mass is 301 g/mol. The lowest BCUT2D eigenvalue weighted by molar-refractivity contribution is -0.144. The van der Waals surface area contributed by atoms with Gasteiger partial charge in [0.05, 0.1) is 0 Å². The van der Waals surface area contributed by atoms with Gasteiger partial charge >= 0.3 is 0 Å². The van der Waals surface area contributed by atoms with E-state index in [-0.39, 0.29) is 11.8 Å². The Kier molecular flexibility index (Phi) is 3.83. The van der Waals surface area contributed by atoms with E-state index >= 15 is 0 Å². The van der Waals surface area contributed by atoms with Gasteiger partial charge in [-0.3, -0.25) is 14.4 Å². The Bertz CT molecular complexity index is 576. The van der Waals surface area contributed by atoms with Crippen LogP contribution in [0.2, 0.25) is 0 Å². The third-order valence-electron chi connectivity index (χ3n) is 4.38. The maximum Gasteiger partial charge on any atom is 0.240 e. The maximum atomic E-state index is 12.7. The van der Waals surface area contributed by atoms with Crippen LogP contribution in [0.5, 0.6) is 0 Å². The van der Waals surface area contributed by atoms with Gasteiger partial charge in [-0.15, -0.1) is 0 Å². The highest BCUT2D eigenvalue weighted by Crippen LogP contribution is 2.48. The number of amides is 3. The number of benzene rings is 1. The van der Waals surface area contributed by atoms with Crippen molar-refractivity contribution in [3.8, 4) is 0 Å². The van der Waals surface area contributed by atoms with Gasteiger partial charge in [-0.25, -0.2) is 0 Å². The molecular weight excluding hydrogens is 282 g/mol. The van der Waals surface area contributed by atoms with Gasteiger partial charge in [-0.05, 0) is 25.0 Å². The van der Waals surface area contributed by atoms with Crippen LogP contribution in [-0.4, -0.2) is 54.2 Å². The lowest BCUT2D eigenvalue weighted by atomic mass is 10.0. The van der Waals surface area contributed by atoms with Gasteiger partial charge in [0.1, 0.15) is 5.41 Å². The molecule has 0 aromatic heterocycles. The molecule has 6 heteroatoms. The van der Waals surface area contributed by atoms with Crippen LogP contribution < -0.4 is 5.32 Å². The van der Waals surface area contributed by atoms with Crippen LogP contribution in [0.3, 0.4) is 0 Å². The Morgan fingerprint density at radius 3 is 2.23 bits per heavy atom. The predicted molar refractivity (Wildman–Crippen MR) is 81.0 cm³/mol. The van der Waals surface area contributed by atoms with Crippen LogP contribution in [-0.2, 0) is 14.4 Å². The van der Waals surface area contributed by atoms with Crippen molar-refractivity contribution in [2.75, 3.05) is 31.5 Å². The summed E-state index contributed by atoms with van der Waals surface area (Å²) in [5.74, 6) is -0.326. The molecule has 22 heavy (non-hydrogen) atoms. The molecule has 1 aromatic rings. The maximum absolute atomic E-state index is 12.7. The van der Waals surface area contributed by atoms with Gasteiger partial charge in [-0.2, -0.15) is 0 Å². The lowest BCUT2D eigenvalue weighted by Gasteiger charge is -2.34. The average molecular weight is 301 g/mol. The Morgan fingerprint density at radius 2 is 1.68 bits per heavy atom. The molecule has 3 rings (SSSR count). The summed E-state index contributed by atoms with van der Waals surface area (Å²) in [5, 5.41) is 2.83. The SMILES string of the molecule is O=CN1CCN(C(=O)C2(C(=O)Nc3ccccc3)CC2)CC1. The van der Waals surface area contributed by atoms with Gasteiger partial charge in [0.25, 0.3) is 0 Å². The number of carbonyl (C=O) groups is 3. The second kappa shape index (κ2) is 5.79. The second-order valence-corrected chi connectivity index (χ2v) is 5.84. The molecule has 1 saturated carbocycles. The van der Waals surface area contributed by atoms with Gasteiger partial charge < -0.3 is 15.1 Å². The Labute approximate surface area is 129 Å². The predicted octanol–water partition coefficient (Wildman–Crippen LogP) is 0.706. The topological polar surface area (TPSA) is 69.7 Å². The summed E-state index contributed by atoms with van der Waals surface area (Å²) in [7, 11) is 0. The number of nitrogens with one attached hydrogen (secondary N) is 1. The van der Waals surface area contributed by atoms with Crippen molar-refractivity contribution in [2.24, 2.45) is 5.41 Å². The molecule has 1 aromatic carbocycles. The fourth-order valence-corrected chi connectivity index (χ4v) is 2.77. The molecule has 6 nitrogen and oxygen atoms in total. The molecule has 0 unspecified atom stereocenters. The molecule has 0 bridgehead atoms. The van der Waals surface area contributed by atoms with Crippen LogP contribution in [0.4, 0.5) is 5.69 Å². The van der Waals surface area contributed by atoms with E-state index in [2.05, 4.69) is 5.32 Å². The van der Waals surface area contributed by atoms with Crippen molar-refractivity contribution in [1.29, 1.82) is 0 Å². The molecule has 2 fully saturated rings.